The molecule has 32 heavy (non-hydrogen) atoms. The van der Waals surface area contributed by atoms with E-state index in [4.69, 9.17) is 22.1 Å². The molecule has 1 fully saturated rings. The zero-order chi connectivity index (χ0) is 23.3. The molecule has 166 valence electrons. The molecule has 2 amide bonds. The second-order valence-corrected chi connectivity index (χ2v) is 9.06. The molecule has 1 saturated heterocycles. The Labute approximate surface area is 196 Å². The number of hydrazine groups is 1. The predicted octanol–water partition coefficient (Wildman–Crippen LogP) is 3.23. The molecule has 2 N–H and O–H groups in total. The van der Waals surface area contributed by atoms with Crippen LogP contribution in [0.2, 0.25) is 0 Å². The number of aliphatic hydroxyl groups is 1. The summed E-state index contributed by atoms with van der Waals surface area (Å²) in [5.74, 6) is -0.147. The maximum Gasteiger partial charge on any atom is 0.285 e. The van der Waals surface area contributed by atoms with Crippen molar-refractivity contribution in [3.05, 3.63) is 68.6 Å². The highest BCUT2D eigenvalue weighted by atomic mass is 32.2. The number of amides is 2. The summed E-state index contributed by atoms with van der Waals surface area (Å²) in [6.45, 7) is -0.103. The lowest BCUT2D eigenvalue weighted by atomic mass is 10.2. The second kappa shape index (κ2) is 10.6. The van der Waals surface area contributed by atoms with Crippen molar-refractivity contribution in [3.63, 3.8) is 0 Å². The van der Waals surface area contributed by atoms with Crippen LogP contribution in [0.5, 0.6) is 5.75 Å². The Morgan fingerprint density at radius 3 is 2.69 bits per heavy atom. The molecule has 0 bridgehead atoms. The summed E-state index contributed by atoms with van der Waals surface area (Å²) >= 11 is 7.36. The standard InChI is InChI=1S/C20H17N3O6S3/c1-29-14-5-3-13(4-6-14)18(25)21-22-19(26)17(32-20(22)30)11-12-2-7-16(31-9-8-24)15(10-12)23(27)28/h2-7,10-11,24H,8-9H2,1H3,(H,21,25). The molecule has 0 spiro atoms. The minimum atomic E-state index is -0.539. The van der Waals surface area contributed by atoms with Gasteiger partial charge in [-0.05, 0) is 54.2 Å². The van der Waals surface area contributed by atoms with Crippen LogP contribution < -0.4 is 10.2 Å². The SMILES string of the molecule is COc1ccc(C(=O)NN2C(=O)C(=Cc3ccc(SCCO)c([N+](=O)[O-])c3)SC2=S)cc1. The number of nitro benzene ring substituents is 1. The van der Waals surface area contributed by atoms with Crippen molar-refractivity contribution in [1.82, 2.24) is 10.4 Å². The van der Waals surface area contributed by atoms with E-state index in [2.05, 4.69) is 5.43 Å². The molecule has 0 unspecified atom stereocenters. The normalized spacial score (nSPS) is 14.7. The third-order valence-corrected chi connectivity index (χ3v) is 6.53. The number of carbonyl (C=O) groups excluding carboxylic acids is 2. The van der Waals surface area contributed by atoms with Crippen LogP contribution in [0.15, 0.2) is 52.3 Å². The van der Waals surface area contributed by atoms with E-state index in [0.29, 0.717) is 27.5 Å². The molecule has 9 nitrogen and oxygen atoms in total. The Bertz CT molecular complexity index is 1100. The lowest BCUT2D eigenvalue weighted by molar-refractivity contribution is -0.387. The van der Waals surface area contributed by atoms with Crippen molar-refractivity contribution in [2.75, 3.05) is 19.5 Å². The molecule has 1 aliphatic rings. The van der Waals surface area contributed by atoms with Gasteiger partial charge in [-0.25, -0.2) is 0 Å². The van der Waals surface area contributed by atoms with Crippen LogP contribution in [0, 0.1) is 10.1 Å². The van der Waals surface area contributed by atoms with Crippen LogP contribution in [0.4, 0.5) is 5.69 Å². The molecule has 0 aromatic heterocycles. The third kappa shape index (κ3) is 5.46. The van der Waals surface area contributed by atoms with Gasteiger partial charge in [0.2, 0.25) is 0 Å². The van der Waals surface area contributed by atoms with E-state index in [1.54, 1.807) is 36.4 Å². The van der Waals surface area contributed by atoms with Crippen molar-refractivity contribution in [1.29, 1.82) is 0 Å². The van der Waals surface area contributed by atoms with Gasteiger partial charge in [0.05, 0.1) is 28.4 Å². The van der Waals surface area contributed by atoms with Crippen LogP contribution in [-0.4, -0.2) is 50.6 Å². The molecule has 12 heteroatoms. The molecule has 3 rings (SSSR count). The van der Waals surface area contributed by atoms with Crippen molar-refractivity contribution >= 4 is 63.6 Å². The fourth-order valence-electron chi connectivity index (χ4n) is 2.67. The largest absolute Gasteiger partial charge is 0.497 e. The highest BCUT2D eigenvalue weighted by Crippen LogP contribution is 2.34. The smallest absolute Gasteiger partial charge is 0.285 e. The number of nitrogens with zero attached hydrogens (tertiary/aromatic N) is 2. The van der Waals surface area contributed by atoms with Gasteiger partial charge in [0.25, 0.3) is 17.5 Å². The highest BCUT2D eigenvalue weighted by molar-refractivity contribution is 8.26. The van der Waals surface area contributed by atoms with Gasteiger partial charge in [0.15, 0.2) is 4.32 Å². The van der Waals surface area contributed by atoms with Gasteiger partial charge >= 0.3 is 0 Å². The fraction of sp³-hybridized carbons (Fsp3) is 0.150. The number of hydrogen-bond donors (Lipinski definition) is 2. The molecule has 2 aromatic carbocycles. The van der Waals surface area contributed by atoms with Crippen LogP contribution in [0.1, 0.15) is 15.9 Å². The summed E-state index contributed by atoms with van der Waals surface area (Å²) in [5, 5.41) is 21.3. The van der Waals surface area contributed by atoms with E-state index < -0.39 is 16.7 Å². The van der Waals surface area contributed by atoms with E-state index in [1.807, 2.05) is 0 Å². The summed E-state index contributed by atoms with van der Waals surface area (Å²) in [5.41, 5.74) is 3.10. The van der Waals surface area contributed by atoms with E-state index in [0.717, 1.165) is 16.8 Å². The first-order valence-electron chi connectivity index (χ1n) is 9.09. The second-order valence-electron chi connectivity index (χ2n) is 6.24. The molecule has 0 aliphatic carbocycles. The Kier molecular flexibility index (Phi) is 7.85. The molecule has 1 aliphatic heterocycles. The van der Waals surface area contributed by atoms with Gasteiger partial charge in [0.1, 0.15) is 5.75 Å². The van der Waals surface area contributed by atoms with Crippen molar-refractivity contribution < 1.29 is 24.4 Å². The summed E-state index contributed by atoms with van der Waals surface area (Å²) in [7, 11) is 1.51. The number of thioether (sulfide) groups is 2. The Morgan fingerprint density at radius 2 is 2.06 bits per heavy atom. The molecule has 0 radical (unpaired) electrons. The number of carbonyl (C=O) groups is 2. The minimum Gasteiger partial charge on any atom is -0.497 e. The molecule has 0 saturated carbocycles. The summed E-state index contributed by atoms with van der Waals surface area (Å²) in [6, 6.07) is 10.9. The first-order valence-corrected chi connectivity index (χ1v) is 11.3. The number of benzene rings is 2. The Morgan fingerprint density at radius 1 is 1.34 bits per heavy atom. The summed E-state index contributed by atoms with van der Waals surface area (Å²) in [6.07, 6.45) is 1.48. The van der Waals surface area contributed by atoms with Gasteiger partial charge in [0, 0.05) is 17.4 Å². The minimum absolute atomic E-state index is 0.103. The Hall–Kier alpha value is -2.93. The number of rotatable bonds is 8. The predicted molar refractivity (Wildman–Crippen MR) is 126 cm³/mol. The van der Waals surface area contributed by atoms with Crippen LogP contribution in [-0.2, 0) is 4.79 Å². The van der Waals surface area contributed by atoms with Crippen LogP contribution in [0.25, 0.3) is 6.08 Å². The number of hydrogen-bond acceptors (Lipinski definition) is 9. The van der Waals surface area contributed by atoms with E-state index in [1.165, 1.54) is 31.0 Å². The van der Waals surface area contributed by atoms with Crippen molar-refractivity contribution in [3.8, 4) is 5.75 Å². The van der Waals surface area contributed by atoms with Gasteiger partial charge in [-0.15, -0.1) is 11.8 Å². The van der Waals surface area contributed by atoms with Crippen LogP contribution >= 0.6 is 35.7 Å². The number of methoxy groups -OCH3 is 1. The average Bonchev–Trinajstić information content (AvgIpc) is 3.05. The third-order valence-electron chi connectivity index (χ3n) is 4.19. The lowest BCUT2D eigenvalue weighted by Crippen LogP contribution is -2.44. The maximum atomic E-state index is 12.8. The van der Waals surface area contributed by atoms with Gasteiger partial charge in [-0.3, -0.25) is 25.1 Å². The lowest BCUT2D eigenvalue weighted by Gasteiger charge is -2.15. The number of aliphatic hydroxyl groups excluding tert-OH is 1. The summed E-state index contributed by atoms with van der Waals surface area (Å²) < 4.78 is 5.19. The summed E-state index contributed by atoms with van der Waals surface area (Å²) in [4.78, 5) is 36.7. The van der Waals surface area contributed by atoms with Crippen LogP contribution in [0.3, 0.4) is 0 Å². The quantitative estimate of drug-likeness (QED) is 0.188. The number of nitro groups is 1. The van der Waals surface area contributed by atoms with Gasteiger partial charge < -0.3 is 9.84 Å². The molecular weight excluding hydrogens is 474 g/mol. The molecule has 0 atom stereocenters. The topological polar surface area (TPSA) is 122 Å². The number of ether oxygens (including phenoxy) is 1. The zero-order valence-corrected chi connectivity index (χ0v) is 19.1. The number of nitrogens with one attached hydrogen (secondary N) is 1. The monoisotopic (exact) mass is 491 g/mol. The number of thiocarbonyl (C=S) groups is 1. The Balaban J connectivity index is 1.78. The first-order chi connectivity index (χ1) is 15.3. The van der Waals surface area contributed by atoms with E-state index in [-0.39, 0.29) is 21.5 Å². The molecular formula is C20H17N3O6S3. The van der Waals surface area contributed by atoms with Gasteiger partial charge in [-0.1, -0.05) is 17.8 Å². The van der Waals surface area contributed by atoms with E-state index in [9.17, 15) is 19.7 Å². The first kappa shape index (κ1) is 23.7. The zero-order valence-electron chi connectivity index (χ0n) is 16.6. The molecule has 1 heterocycles. The van der Waals surface area contributed by atoms with E-state index >= 15 is 0 Å². The highest BCUT2D eigenvalue weighted by Gasteiger charge is 2.34. The molecule has 2 aromatic rings. The maximum absolute atomic E-state index is 12.8. The van der Waals surface area contributed by atoms with Crippen molar-refractivity contribution in [2.24, 2.45) is 0 Å². The van der Waals surface area contributed by atoms with Gasteiger partial charge in [-0.2, -0.15) is 5.01 Å². The average molecular weight is 492 g/mol. The van der Waals surface area contributed by atoms with Crippen molar-refractivity contribution in [2.45, 2.75) is 4.90 Å². The fourth-order valence-corrected chi connectivity index (χ4v) is 4.60.